The van der Waals surface area contributed by atoms with Crippen LogP contribution in [0.1, 0.15) is 18.1 Å². The second-order valence-electron chi connectivity index (χ2n) is 6.58. The zero-order chi connectivity index (χ0) is 20.4. The average molecular weight is 484 g/mol. The Morgan fingerprint density at radius 2 is 1.90 bits per heavy atom. The van der Waals surface area contributed by atoms with Crippen LogP contribution in [0, 0.1) is 0 Å². The predicted molar refractivity (Wildman–Crippen MR) is 128 cm³/mol. The van der Waals surface area contributed by atoms with E-state index >= 15 is 0 Å². The molecule has 0 saturated carbocycles. The molecule has 146 valence electrons. The Morgan fingerprint density at radius 3 is 2.66 bits per heavy atom. The van der Waals surface area contributed by atoms with Crippen LogP contribution in [0.5, 0.6) is 5.75 Å². The zero-order valence-corrected chi connectivity index (χ0v) is 18.9. The summed E-state index contributed by atoms with van der Waals surface area (Å²) in [4.78, 5) is 14.8. The molecule has 1 aliphatic heterocycles. The molecule has 29 heavy (non-hydrogen) atoms. The number of thioether (sulfide) groups is 1. The number of fused-ring (bicyclic) bond motifs is 1. The normalized spacial score (nSPS) is 15.5. The van der Waals surface area contributed by atoms with Gasteiger partial charge in [-0.3, -0.25) is 9.69 Å². The maximum absolute atomic E-state index is 12.5. The molecule has 1 heterocycles. The van der Waals surface area contributed by atoms with Crippen LogP contribution in [0.2, 0.25) is 0 Å². The van der Waals surface area contributed by atoms with Crippen LogP contribution < -0.4 is 4.74 Å². The van der Waals surface area contributed by atoms with Gasteiger partial charge in [-0.1, -0.05) is 76.3 Å². The molecule has 1 aliphatic rings. The lowest BCUT2D eigenvalue weighted by molar-refractivity contribution is -0.121. The van der Waals surface area contributed by atoms with Crippen molar-refractivity contribution < 1.29 is 9.53 Å². The lowest BCUT2D eigenvalue weighted by atomic mass is 10.1. The molecular weight excluding hydrogens is 466 g/mol. The summed E-state index contributed by atoms with van der Waals surface area (Å²) in [5.74, 6) is 0.672. The quantitative estimate of drug-likeness (QED) is 0.310. The van der Waals surface area contributed by atoms with E-state index in [1.807, 2.05) is 43.3 Å². The molecule has 3 aromatic carbocycles. The molecule has 6 heteroatoms. The first-order valence-electron chi connectivity index (χ1n) is 9.20. The highest BCUT2D eigenvalue weighted by Gasteiger charge is 2.30. The predicted octanol–water partition coefficient (Wildman–Crippen LogP) is 6.40. The van der Waals surface area contributed by atoms with Crippen LogP contribution in [0.15, 0.2) is 70.0 Å². The molecule has 1 fully saturated rings. The lowest BCUT2D eigenvalue weighted by Gasteiger charge is -2.11. The first kappa shape index (κ1) is 20.1. The number of thiocarbonyl (C=S) groups is 1. The van der Waals surface area contributed by atoms with Crippen molar-refractivity contribution in [2.75, 3.05) is 6.54 Å². The maximum Gasteiger partial charge on any atom is 0.266 e. The standard InChI is InChI=1S/C23H18BrNO2S2/c1-2-25-22(26)21(29-23(25)28)13-18-12-19(24)9-10-20(18)27-14-15-7-8-16-5-3-4-6-17(16)11-15/h3-13H,2,14H2,1H3/b21-13-. The smallest absolute Gasteiger partial charge is 0.266 e. The third-order valence-electron chi connectivity index (χ3n) is 4.66. The van der Waals surface area contributed by atoms with E-state index in [4.69, 9.17) is 17.0 Å². The fourth-order valence-corrected chi connectivity index (χ4v) is 4.92. The van der Waals surface area contributed by atoms with E-state index in [0.717, 1.165) is 21.3 Å². The topological polar surface area (TPSA) is 29.5 Å². The Balaban J connectivity index is 1.59. The van der Waals surface area contributed by atoms with Gasteiger partial charge in [0, 0.05) is 16.6 Å². The van der Waals surface area contributed by atoms with Crippen molar-refractivity contribution in [3.05, 3.63) is 81.2 Å². The third-order valence-corrected chi connectivity index (χ3v) is 6.53. The Morgan fingerprint density at radius 1 is 1.10 bits per heavy atom. The summed E-state index contributed by atoms with van der Waals surface area (Å²) in [6, 6.07) is 20.4. The minimum absolute atomic E-state index is 0.0528. The molecule has 1 saturated heterocycles. The van der Waals surface area contributed by atoms with Gasteiger partial charge in [0.2, 0.25) is 0 Å². The molecule has 0 spiro atoms. The van der Waals surface area contributed by atoms with Gasteiger partial charge < -0.3 is 4.74 Å². The van der Waals surface area contributed by atoms with Crippen molar-refractivity contribution in [1.82, 2.24) is 4.90 Å². The summed E-state index contributed by atoms with van der Waals surface area (Å²) in [6.07, 6.45) is 1.86. The molecule has 1 amide bonds. The molecule has 0 radical (unpaired) electrons. The largest absolute Gasteiger partial charge is 0.488 e. The van der Waals surface area contributed by atoms with Crippen molar-refractivity contribution in [3.8, 4) is 5.75 Å². The Kier molecular flexibility index (Phi) is 6.04. The second-order valence-corrected chi connectivity index (χ2v) is 9.17. The highest BCUT2D eigenvalue weighted by atomic mass is 79.9. The van der Waals surface area contributed by atoms with Crippen LogP contribution in [0.3, 0.4) is 0 Å². The van der Waals surface area contributed by atoms with Crippen molar-refractivity contribution in [1.29, 1.82) is 0 Å². The van der Waals surface area contributed by atoms with E-state index in [2.05, 4.69) is 46.3 Å². The van der Waals surface area contributed by atoms with Gasteiger partial charge in [-0.15, -0.1) is 0 Å². The van der Waals surface area contributed by atoms with Crippen LogP contribution >= 0.6 is 39.9 Å². The molecule has 0 N–H and O–H groups in total. The molecule has 0 unspecified atom stereocenters. The number of carbonyl (C=O) groups excluding carboxylic acids is 1. The van der Waals surface area contributed by atoms with Gasteiger partial charge in [0.15, 0.2) is 0 Å². The number of likely N-dealkylation sites (N-methyl/N-ethyl adjacent to an activating group) is 1. The fourth-order valence-electron chi connectivity index (χ4n) is 3.17. The minimum atomic E-state index is -0.0528. The molecule has 3 nitrogen and oxygen atoms in total. The van der Waals surface area contributed by atoms with Gasteiger partial charge in [0.1, 0.15) is 16.7 Å². The number of carbonyl (C=O) groups is 1. The van der Waals surface area contributed by atoms with Gasteiger partial charge in [0.25, 0.3) is 5.91 Å². The Hall–Kier alpha value is -2.15. The monoisotopic (exact) mass is 483 g/mol. The van der Waals surface area contributed by atoms with Gasteiger partial charge >= 0.3 is 0 Å². The number of hydrogen-bond donors (Lipinski definition) is 0. The molecule has 0 atom stereocenters. The summed E-state index contributed by atoms with van der Waals surface area (Å²) < 4.78 is 7.64. The van der Waals surface area contributed by atoms with E-state index in [9.17, 15) is 4.79 Å². The van der Waals surface area contributed by atoms with Crippen molar-refractivity contribution in [2.45, 2.75) is 13.5 Å². The third kappa shape index (κ3) is 4.39. The highest BCUT2D eigenvalue weighted by Crippen LogP contribution is 2.35. The van der Waals surface area contributed by atoms with Gasteiger partial charge in [-0.2, -0.15) is 0 Å². The molecule has 3 aromatic rings. The minimum Gasteiger partial charge on any atom is -0.488 e. The highest BCUT2D eigenvalue weighted by molar-refractivity contribution is 9.10. The van der Waals surface area contributed by atoms with Gasteiger partial charge in [-0.05, 0) is 53.6 Å². The first-order valence-corrected chi connectivity index (χ1v) is 11.2. The van der Waals surface area contributed by atoms with Gasteiger partial charge in [0.05, 0.1) is 4.91 Å². The Bertz CT molecular complexity index is 1140. The summed E-state index contributed by atoms with van der Waals surface area (Å²) in [5, 5.41) is 2.39. The first-order chi connectivity index (χ1) is 14.0. The lowest BCUT2D eigenvalue weighted by Crippen LogP contribution is -2.27. The number of halogens is 1. The SMILES string of the molecule is CCN1C(=O)/C(=C/c2cc(Br)ccc2OCc2ccc3ccccc3c2)SC1=S. The molecular formula is C23H18BrNO2S2. The number of nitrogens with zero attached hydrogens (tertiary/aromatic N) is 1. The number of ether oxygens (including phenoxy) is 1. The molecule has 0 aliphatic carbocycles. The summed E-state index contributed by atoms with van der Waals surface area (Å²) in [7, 11) is 0. The van der Waals surface area contributed by atoms with E-state index in [1.54, 1.807) is 4.90 Å². The van der Waals surface area contributed by atoms with Crippen LogP contribution in [0.4, 0.5) is 0 Å². The summed E-state index contributed by atoms with van der Waals surface area (Å²) in [6.45, 7) is 2.94. The number of amides is 1. The fraction of sp³-hybridized carbons (Fsp3) is 0.130. The number of benzene rings is 3. The van der Waals surface area contributed by atoms with E-state index in [0.29, 0.717) is 22.4 Å². The number of rotatable bonds is 5. The summed E-state index contributed by atoms with van der Waals surface area (Å²) >= 11 is 10.1. The van der Waals surface area contributed by atoms with Gasteiger partial charge in [-0.25, -0.2) is 0 Å². The second kappa shape index (κ2) is 8.69. The number of hydrogen-bond acceptors (Lipinski definition) is 4. The van der Waals surface area contributed by atoms with E-state index < -0.39 is 0 Å². The molecule has 0 aromatic heterocycles. The average Bonchev–Trinajstić information content (AvgIpc) is 2.99. The van der Waals surface area contributed by atoms with E-state index in [1.165, 1.54) is 22.5 Å². The summed E-state index contributed by atoms with van der Waals surface area (Å²) in [5.41, 5.74) is 1.94. The zero-order valence-electron chi connectivity index (χ0n) is 15.7. The van der Waals surface area contributed by atoms with Crippen LogP contribution in [-0.2, 0) is 11.4 Å². The van der Waals surface area contributed by atoms with E-state index in [-0.39, 0.29) is 5.91 Å². The van der Waals surface area contributed by atoms with Crippen LogP contribution in [-0.4, -0.2) is 21.7 Å². The van der Waals surface area contributed by atoms with Crippen molar-refractivity contribution in [3.63, 3.8) is 0 Å². The Labute approximate surface area is 187 Å². The maximum atomic E-state index is 12.5. The molecule has 0 bridgehead atoms. The molecule has 4 rings (SSSR count). The van der Waals surface area contributed by atoms with Crippen LogP contribution in [0.25, 0.3) is 16.8 Å². The van der Waals surface area contributed by atoms with Crippen molar-refractivity contribution in [2.24, 2.45) is 0 Å². The van der Waals surface area contributed by atoms with Crippen molar-refractivity contribution >= 4 is 67.0 Å².